The van der Waals surface area contributed by atoms with Gasteiger partial charge in [0.25, 0.3) is 0 Å². The Bertz CT molecular complexity index is 379. The smallest absolute Gasteiger partial charge is 0.237 e. The van der Waals surface area contributed by atoms with Gasteiger partial charge in [-0.3, -0.25) is 9.52 Å². The normalized spacial score (nSPS) is 23.8. The molecular formula is C13H23NO3S. The van der Waals surface area contributed by atoms with Crippen molar-refractivity contribution in [3.63, 3.8) is 0 Å². The molecule has 2 rings (SSSR count). The number of nitrogens with one attached hydrogen (secondary N) is 1. The number of carbonyl (C=O) groups is 1. The molecule has 2 saturated carbocycles. The molecule has 0 heterocycles. The van der Waals surface area contributed by atoms with E-state index < -0.39 is 10.0 Å². The van der Waals surface area contributed by atoms with Crippen molar-refractivity contribution in [1.29, 1.82) is 0 Å². The molecule has 0 aliphatic heterocycles. The van der Waals surface area contributed by atoms with Gasteiger partial charge in [0.2, 0.25) is 15.9 Å². The summed E-state index contributed by atoms with van der Waals surface area (Å²) in [6, 6.07) is 0. The SMILES string of the molecule is O=C(NS(=O)(=O)C1CCCCCCC1)C1CCC1. The van der Waals surface area contributed by atoms with Gasteiger partial charge in [0.1, 0.15) is 0 Å². The van der Waals surface area contributed by atoms with E-state index in [0.29, 0.717) is 12.8 Å². The molecule has 0 bridgehead atoms. The molecule has 5 heteroatoms. The quantitative estimate of drug-likeness (QED) is 0.858. The molecule has 2 aliphatic carbocycles. The van der Waals surface area contributed by atoms with Crippen molar-refractivity contribution < 1.29 is 13.2 Å². The average Bonchev–Trinajstić information content (AvgIpc) is 2.11. The Morgan fingerprint density at radius 1 is 0.833 bits per heavy atom. The summed E-state index contributed by atoms with van der Waals surface area (Å²) >= 11 is 0. The summed E-state index contributed by atoms with van der Waals surface area (Å²) in [5.74, 6) is -0.336. The maximum Gasteiger partial charge on any atom is 0.237 e. The van der Waals surface area contributed by atoms with Gasteiger partial charge in [0, 0.05) is 5.92 Å². The molecular weight excluding hydrogens is 250 g/mol. The predicted molar refractivity (Wildman–Crippen MR) is 70.5 cm³/mol. The van der Waals surface area contributed by atoms with Gasteiger partial charge in [0.15, 0.2) is 0 Å². The first-order chi connectivity index (χ1) is 8.59. The summed E-state index contributed by atoms with van der Waals surface area (Å²) in [5, 5.41) is -0.359. The third kappa shape index (κ3) is 3.46. The third-order valence-corrected chi connectivity index (χ3v) is 6.04. The summed E-state index contributed by atoms with van der Waals surface area (Å²) in [5.41, 5.74) is 0. The van der Waals surface area contributed by atoms with Crippen LogP contribution in [0.1, 0.15) is 64.2 Å². The minimum atomic E-state index is -3.44. The van der Waals surface area contributed by atoms with E-state index in [2.05, 4.69) is 4.72 Å². The Labute approximate surface area is 110 Å². The third-order valence-electron chi connectivity index (χ3n) is 4.21. The largest absolute Gasteiger partial charge is 0.274 e. The van der Waals surface area contributed by atoms with E-state index in [1.807, 2.05) is 0 Å². The summed E-state index contributed by atoms with van der Waals surface area (Å²) in [6.07, 6.45) is 9.49. The molecule has 0 aromatic rings. The van der Waals surface area contributed by atoms with E-state index in [1.54, 1.807) is 0 Å². The fraction of sp³-hybridized carbons (Fsp3) is 0.923. The van der Waals surface area contributed by atoms with Crippen molar-refractivity contribution in [3.8, 4) is 0 Å². The lowest BCUT2D eigenvalue weighted by Gasteiger charge is -2.26. The van der Waals surface area contributed by atoms with Crippen LogP contribution in [0.15, 0.2) is 0 Å². The minimum absolute atomic E-state index is 0.0617. The lowest BCUT2D eigenvalue weighted by molar-refractivity contribution is -0.125. The second kappa shape index (κ2) is 6.04. The second-order valence-corrected chi connectivity index (χ2v) is 7.57. The van der Waals surface area contributed by atoms with Crippen LogP contribution >= 0.6 is 0 Å². The van der Waals surface area contributed by atoms with Crippen molar-refractivity contribution in [1.82, 2.24) is 4.72 Å². The van der Waals surface area contributed by atoms with Crippen LogP contribution in [-0.2, 0) is 14.8 Å². The Morgan fingerprint density at radius 3 is 1.89 bits per heavy atom. The van der Waals surface area contributed by atoms with E-state index in [9.17, 15) is 13.2 Å². The van der Waals surface area contributed by atoms with E-state index in [0.717, 1.165) is 44.9 Å². The van der Waals surface area contributed by atoms with E-state index >= 15 is 0 Å². The molecule has 0 spiro atoms. The van der Waals surface area contributed by atoms with Crippen LogP contribution in [0, 0.1) is 5.92 Å². The first-order valence-corrected chi connectivity index (χ1v) is 8.70. The number of hydrogen-bond donors (Lipinski definition) is 1. The molecule has 0 unspecified atom stereocenters. The Kier molecular flexibility index (Phi) is 4.65. The molecule has 104 valence electrons. The lowest BCUT2D eigenvalue weighted by atomic mass is 9.85. The number of amides is 1. The van der Waals surface area contributed by atoms with Crippen molar-refractivity contribution >= 4 is 15.9 Å². The van der Waals surface area contributed by atoms with Crippen molar-refractivity contribution in [2.24, 2.45) is 5.92 Å². The maximum absolute atomic E-state index is 12.2. The van der Waals surface area contributed by atoms with Crippen LogP contribution in [0.4, 0.5) is 0 Å². The highest BCUT2D eigenvalue weighted by Crippen LogP contribution is 2.27. The molecule has 0 saturated heterocycles. The van der Waals surface area contributed by atoms with Crippen LogP contribution in [0.3, 0.4) is 0 Å². The molecule has 0 aromatic carbocycles. The van der Waals surface area contributed by atoms with Gasteiger partial charge >= 0.3 is 0 Å². The Hall–Kier alpha value is -0.580. The summed E-state index contributed by atoms with van der Waals surface area (Å²) in [7, 11) is -3.44. The second-order valence-electron chi connectivity index (χ2n) is 5.61. The lowest BCUT2D eigenvalue weighted by Crippen LogP contribution is -2.43. The van der Waals surface area contributed by atoms with Crippen LogP contribution in [-0.4, -0.2) is 19.6 Å². The monoisotopic (exact) mass is 273 g/mol. The molecule has 0 atom stereocenters. The molecule has 18 heavy (non-hydrogen) atoms. The number of hydrogen-bond acceptors (Lipinski definition) is 3. The molecule has 0 radical (unpaired) electrons. The zero-order chi connectivity index (χ0) is 13.0. The van der Waals surface area contributed by atoms with E-state index in [-0.39, 0.29) is 17.1 Å². The van der Waals surface area contributed by atoms with Crippen LogP contribution in [0.5, 0.6) is 0 Å². The summed E-state index contributed by atoms with van der Waals surface area (Å²) in [4.78, 5) is 11.7. The van der Waals surface area contributed by atoms with Gasteiger partial charge in [0.05, 0.1) is 5.25 Å². The first kappa shape index (κ1) is 13.8. The van der Waals surface area contributed by atoms with Gasteiger partial charge in [-0.1, -0.05) is 38.5 Å². The summed E-state index contributed by atoms with van der Waals surface area (Å²) < 4.78 is 26.7. The highest BCUT2D eigenvalue weighted by Gasteiger charge is 2.32. The average molecular weight is 273 g/mol. The van der Waals surface area contributed by atoms with Gasteiger partial charge in [-0.15, -0.1) is 0 Å². The highest BCUT2D eigenvalue weighted by molar-refractivity contribution is 7.90. The van der Waals surface area contributed by atoms with Crippen LogP contribution in [0.2, 0.25) is 0 Å². The molecule has 4 nitrogen and oxygen atoms in total. The zero-order valence-electron chi connectivity index (χ0n) is 10.9. The number of rotatable bonds is 3. The van der Waals surface area contributed by atoms with Crippen molar-refractivity contribution in [2.75, 3.05) is 0 Å². The minimum Gasteiger partial charge on any atom is -0.274 e. The Morgan fingerprint density at radius 2 is 1.39 bits per heavy atom. The van der Waals surface area contributed by atoms with Gasteiger partial charge in [-0.25, -0.2) is 8.42 Å². The molecule has 0 aromatic heterocycles. The number of carbonyl (C=O) groups excluding carboxylic acids is 1. The topological polar surface area (TPSA) is 63.2 Å². The molecule has 2 fully saturated rings. The standard InChI is InChI=1S/C13H23NO3S/c15-13(11-7-6-8-11)14-18(16,17)12-9-4-2-1-3-5-10-12/h11-12H,1-10H2,(H,14,15). The highest BCUT2D eigenvalue weighted by atomic mass is 32.2. The maximum atomic E-state index is 12.2. The van der Waals surface area contributed by atoms with Gasteiger partial charge < -0.3 is 0 Å². The van der Waals surface area contributed by atoms with E-state index in [4.69, 9.17) is 0 Å². The van der Waals surface area contributed by atoms with Crippen molar-refractivity contribution in [3.05, 3.63) is 0 Å². The Balaban J connectivity index is 1.92. The van der Waals surface area contributed by atoms with E-state index in [1.165, 1.54) is 6.42 Å². The van der Waals surface area contributed by atoms with Crippen LogP contribution < -0.4 is 4.72 Å². The summed E-state index contributed by atoms with van der Waals surface area (Å²) in [6.45, 7) is 0. The van der Waals surface area contributed by atoms with Gasteiger partial charge in [-0.2, -0.15) is 0 Å². The van der Waals surface area contributed by atoms with Gasteiger partial charge in [-0.05, 0) is 25.7 Å². The zero-order valence-corrected chi connectivity index (χ0v) is 11.7. The molecule has 2 aliphatic rings. The molecule has 1 N–H and O–H groups in total. The fourth-order valence-corrected chi connectivity index (χ4v) is 4.27. The predicted octanol–water partition coefficient (Wildman–Crippen LogP) is 2.35. The van der Waals surface area contributed by atoms with Crippen LogP contribution in [0.25, 0.3) is 0 Å². The number of sulfonamides is 1. The van der Waals surface area contributed by atoms with Crippen molar-refractivity contribution in [2.45, 2.75) is 69.5 Å². The first-order valence-electron chi connectivity index (χ1n) is 7.15. The fourth-order valence-electron chi connectivity index (χ4n) is 2.71. The molecule has 1 amide bonds.